The molecule has 0 saturated heterocycles. The van der Waals surface area contributed by atoms with Gasteiger partial charge in [0.2, 0.25) is 5.69 Å². The van der Waals surface area contributed by atoms with Gasteiger partial charge in [-0.1, -0.05) is 12.1 Å². The quantitative estimate of drug-likeness (QED) is 0.351. The van der Waals surface area contributed by atoms with Gasteiger partial charge in [0.25, 0.3) is 5.88 Å². The minimum atomic E-state index is -0.467. The van der Waals surface area contributed by atoms with Crippen molar-refractivity contribution in [1.82, 2.24) is 14.5 Å². The highest BCUT2D eigenvalue weighted by molar-refractivity contribution is 5.89. The lowest BCUT2D eigenvalue weighted by Crippen LogP contribution is -2.17. The van der Waals surface area contributed by atoms with Crippen LogP contribution in [0.15, 0.2) is 60.9 Å². The predicted octanol–water partition coefficient (Wildman–Crippen LogP) is 6.13. The molecule has 2 heterocycles. The minimum Gasteiger partial charge on any atom is -0.447 e. The van der Waals surface area contributed by atoms with Crippen LogP contribution in [0.25, 0.3) is 22.2 Å². The van der Waals surface area contributed by atoms with Gasteiger partial charge >= 0.3 is 6.09 Å². The van der Waals surface area contributed by atoms with Crippen LogP contribution in [0.1, 0.15) is 32.4 Å². The van der Waals surface area contributed by atoms with Crippen LogP contribution in [0.5, 0.6) is 11.6 Å². The Kier molecular flexibility index (Phi) is 6.06. The molecular formula is C27H25N5O3. The molecule has 4 aromatic rings. The molecule has 2 aromatic carbocycles. The first kappa shape index (κ1) is 22.4. The number of benzene rings is 2. The molecule has 0 unspecified atom stereocenters. The summed E-state index contributed by atoms with van der Waals surface area (Å²) in [5, 5.41) is 13.1. The van der Waals surface area contributed by atoms with Gasteiger partial charge in [0, 0.05) is 41.8 Å². The highest BCUT2D eigenvalue weighted by atomic mass is 16.6. The summed E-state index contributed by atoms with van der Waals surface area (Å²) < 4.78 is 13.4. The number of hydrogen-bond donors (Lipinski definition) is 1. The third kappa shape index (κ3) is 5.09. The van der Waals surface area contributed by atoms with Crippen molar-refractivity contribution in [2.45, 2.75) is 39.3 Å². The number of carbonyl (C=O) groups excluding carboxylic acids is 1. The maximum Gasteiger partial charge on any atom is 0.411 e. The summed E-state index contributed by atoms with van der Waals surface area (Å²) in [6.45, 7) is 4.54. The van der Waals surface area contributed by atoms with Crippen molar-refractivity contribution in [2.75, 3.05) is 5.32 Å². The number of anilines is 1. The first-order valence-corrected chi connectivity index (χ1v) is 11.6. The van der Waals surface area contributed by atoms with E-state index in [1.165, 1.54) is 25.2 Å². The summed E-state index contributed by atoms with van der Waals surface area (Å²) in [6.07, 6.45) is 4.77. The van der Waals surface area contributed by atoms with Crippen molar-refractivity contribution < 1.29 is 14.3 Å². The topological polar surface area (TPSA) is 102 Å². The highest BCUT2D eigenvalue weighted by Crippen LogP contribution is 2.37. The molecule has 1 saturated carbocycles. The van der Waals surface area contributed by atoms with Crippen LogP contribution >= 0.6 is 0 Å². The average molecular weight is 468 g/mol. The Bertz CT molecular complexity index is 1420. The van der Waals surface area contributed by atoms with Crippen LogP contribution in [-0.4, -0.2) is 26.7 Å². The van der Waals surface area contributed by atoms with Crippen LogP contribution in [-0.2, 0) is 11.3 Å². The smallest absolute Gasteiger partial charge is 0.411 e. The van der Waals surface area contributed by atoms with Gasteiger partial charge in [-0.25, -0.2) is 14.8 Å². The van der Waals surface area contributed by atoms with E-state index in [1.54, 1.807) is 0 Å². The molecule has 0 bridgehead atoms. The van der Waals surface area contributed by atoms with Crippen LogP contribution in [0.4, 0.5) is 10.5 Å². The minimum absolute atomic E-state index is 0.146. The van der Waals surface area contributed by atoms with Crippen LogP contribution < -0.4 is 10.1 Å². The Morgan fingerprint density at radius 2 is 1.91 bits per heavy atom. The second-order valence-corrected chi connectivity index (χ2v) is 8.88. The molecule has 1 aliphatic rings. The van der Waals surface area contributed by atoms with Crippen molar-refractivity contribution >= 4 is 22.7 Å². The van der Waals surface area contributed by atoms with Gasteiger partial charge in [-0.05, 0) is 68.5 Å². The molecule has 0 aliphatic heterocycles. The van der Waals surface area contributed by atoms with E-state index in [9.17, 15) is 10.1 Å². The van der Waals surface area contributed by atoms with Gasteiger partial charge in [0.05, 0.1) is 11.6 Å². The third-order valence-corrected chi connectivity index (χ3v) is 5.77. The number of aromatic nitrogens is 3. The number of rotatable bonds is 7. The second-order valence-electron chi connectivity index (χ2n) is 8.88. The van der Waals surface area contributed by atoms with Gasteiger partial charge in [0.15, 0.2) is 0 Å². The summed E-state index contributed by atoms with van der Waals surface area (Å²) >= 11 is 0. The zero-order chi connectivity index (χ0) is 24.4. The maximum absolute atomic E-state index is 11.9. The first-order valence-electron chi connectivity index (χ1n) is 11.6. The SMILES string of the molecule is CC(C)OC(=O)Nc1ccc(-c2cc3ccc(Oc4nccnc4C#N)cc3n2CC2CC2)cc1. The van der Waals surface area contributed by atoms with E-state index in [4.69, 9.17) is 9.47 Å². The molecule has 5 rings (SSSR count). The van der Waals surface area contributed by atoms with E-state index in [-0.39, 0.29) is 17.7 Å². The normalized spacial score (nSPS) is 13.0. The molecule has 35 heavy (non-hydrogen) atoms. The van der Waals surface area contributed by atoms with E-state index in [1.807, 2.05) is 62.4 Å². The van der Waals surface area contributed by atoms with Gasteiger partial charge in [-0.3, -0.25) is 5.32 Å². The number of ether oxygens (including phenoxy) is 2. The number of nitrogens with zero attached hydrogens (tertiary/aromatic N) is 4. The molecule has 1 aliphatic carbocycles. The number of hydrogen-bond acceptors (Lipinski definition) is 6. The number of nitrogens with one attached hydrogen (secondary N) is 1. The lowest BCUT2D eigenvalue weighted by molar-refractivity contribution is 0.130. The van der Waals surface area contributed by atoms with E-state index in [0.29, 0.717) is 17.4 Å². The van der Waals surface area contributed by atoms with Crippen molar-refractivity contribution in [1.29, 1.82) is 5.26 Å². The van der Waals surface area contributed by atoms with Gasteiger partial charge in [-0.15, -0.1) is 0 Å². The van der Waals surface area contributed by atoms with Gasteiger partial charge in [-0.2, -0.15) is 5.26 Å². The van der Waals surface area contributed by atoms with Crippen LogP contribution in [0.3, 0.4) is 0 Å². The fourth-order valence-corrected chi connectivity index (χ4v) is 3.97. The van der Waals surface area contributed by atoms with Crippen LogP contribution in [0.2, 0.25) is 0 Å². The molecule has 1 amide bonds. The first-order chi connectivity index (χ1) is 17.0. The van der Waals surface area contributed by atoms with E-state index in [2.05, 4.69) is 25.9 Å². The molecule has 0 atom stereocenters. The molecule has 0 radical (unpaired) electrons. The molecule has 1 fully saturated rings. The maximum atomic E-state index is 11.9. The lowest BCUT2D eigenvalue weighted by Gasteiger charge is -2.13. The van der Waals surface area contributed by atoms with Gasteiger partial charge < -0.3 is 14.0 Å². The number of fused-ring (bicyclic) bond motifs is 1. The fraction of sp³-hybridized carbons (Fsp3) is 0.259. The van der Waals surface area contributed by atoms with Crippen LogP contribution in [0, 0.1) is 17.2 Å². The summed E-state index contributed by atoms with van der Waals surface area (Å²) in [7, 11) is 0. The van der Waals surface area contributed by atoms with Crippen molar-refractivity contribution in [3.05, 3.63) is 66.6 Å². The van der Waals surface area contributed by atoms with E-state index in [0.717, 1.165) is 28.7 Å². The average Bonchev–Trinajstić information content (AvgIpc) is 3.60. The Morgan fingerprint density at radius 3 is 2.63 bits per heavy atom. The van der Waals surface area contributed by atoms with Gasteiger partial charge in [0.1, 0.15) is 11.8 Å². The van der Waals surface area contributed by atoms with E-state index < -0.39 is 6.09 Å². The fourth-order valence-electron chi connectivity index (χ4n) is 3.97. The molecule has 0 spiro atoms. The van der Waals surface area contributed by atoms with Crippen molar-refractivity contribution in [3.8, 4) is 29.0 Å². The largest absolute Gasteiger partial charge is 0.447 e. The summed E-state index contributed by atoms with van der Waals surface area (Å²) in [5.74, 6) is 1.44. The lowest BCUT2D eigenvalue weighted by atomic mass is 10.1. The molecular weight excluding hydrogens is 442 g/mol. The number of nitriles is 1. The second kappa shape index (κ2) is 9.47. The van der Waals surface area contributed by atoms with E-state index >= 15 is 0 Å². The molecule has 1 N–H and O–H groups in total. The molecule has 2 aromatic heterocycles. The van der Waals surface area contributed by atoms with Crippen molar-refractivity contribution in [3.63, 3.8) is 0 Å². The Morgan fingerprint density at radius 1 is 1.14 bits per heavy atom. The Hall–Kier alpha value is -4.38. The standard InChI is InChI=1S/C27H25N5O3/c1-17(2)34-27(33)31-21-8-5-19(6-9-21)24-13-20-7-10-22(14-25(20)32(24)16-18-3-4-18)35-26-23(15-28)29-11-12-30-26/h5-14,17-18H,3-4,16H2,1-2H3,(H,31,33). The summed E-state index contributed by atoms with van der Waals surface area (Å²) in [4.78, 5) is 20.1. The summed E-state index contributed by atoms with van der Waals surface area (Å²) in [6, 6.07) is 17.8. The summed E-state index contributed by atoms with van der Waals surface area (Å²) in [5.41, 5.74) is 4.02. The van der Waals surface area contributed by atoms with Crippen molar-refractivity contribution in [2.24, 2.45) is 5.92 Å². The molecule has 176 valence electrons. The number of carbonyl (C=O) groups is 1. The number of amides is 1. The highest BCUT2D eigenvalue weighted by Gasteiger charge is 2.24. The zero-order valence-corrected chi connectivity index (χ0v) is 19.6. The molecule has 8 heteroatoms. The predicted molar refractivity (Wildman–Crippen MR) is 132 cm³/mol. The third-order valence-electron chi connectivity index (χ3n) is 5.77. The molecule has 8 nitrogen and oxygen atoms in total. The zero-order valence-electron chi connectivity index (χ0n) is 19.6. The Balaban J connectivity index is 1.46. The Labute approximate surface area is 203 Å². The monoisotopic (exact) mass is 467 g/mol.